The van der Waals surface area contributed by atoms with Crippen molar-refractivity contribution in [1.29, 1.82) is 0 Å². The number of thiazole rings is 1. The van der Waals surface area contributed by atoms with E-state index in [2.05, 4.69) is 22.8 Å². The Hall–Kier alpha value is -2.41. The van der Waals surface area contributed by atoms with Crippen LogP contribution in [0.1, 0.15) is 22.9 Å². The molecule has 1 aliphatic carbocycles. The predicted molar refractivity (Wildman–Crippen MR) is 99.4 cm³/mol. The van der Waals surface area contributed by atoms with Gasteiger partial charge >= 0.3 is 0 Å². The zero-order valence-corrected chi connectivity index (χ0v) is 14.8. The van der Waals surface area contributed by atoms with Crippen molar-refractivity contribution in [3.8, 4) is 22.1 Å². The summed E-state index contributed by atoms with van der Waals surface area (Å²) in [6.45, 7) is 0.897. The number of aliphatic hydroxyl groups excluding tert-OH is 1. The Labute approximate surface area is 155 Å². The summed E-state index contributed by atoms with van der Waals surface area (Å²) in [5, 5.41) is 16.8. The fourth-order valence-electron chi connectivity index (χ4n) is 3.58. The van der Waals surface area contributed by atoms with Crippen LogP contribution >= 0.6 is 11.3 Å². The van der Waals surface area contributed by atoms with Crippen LogP contribution in [0.4, 0.5) is 0 Å². The molecule has 1 aromatic heterocycles. The van der Waals surface area contributed by atoms with Gasteiger partial charge < -0.3 is 19.9 Å². The van der Waals surface area contributed by atoms with Gasteiger partial charge in [0.1, 0.15) is 5.01 Å². The van der Waals surface area contributed by atoms with E-state index in [-0.39, 0.29) is 18.9 Å². The topological polar surface area (TPSA) is 63.6 Å². The highest BCUT2D eigenvalue weighted by Gasteiger charge is 2.30. The largest absolute Gasteiger partial charge is 0.454 e. The number of rotatable bonds is 4. The van der Waals surface area contributed by atoms with Gasteiger partial charge in [-0.2, -0.15) is 0 Å². The number of fused-ring (bicyclic) bond motifs is 2. The lowest BCUT2D eigenvalue weighted by molar-refractivity contribution is 0.140. The second kappa shape index (κ2) is 6.39. The van der Waals surface area contributed by atoms with Crippen molar-refractivity contribution in [2.45, 2.75) is 25.1 Å². The van der Waals surface area contributed by atoms with Crippen LogP contribution in [0.5, 0.6) is 11.5 Å². The number of hydrogen-bond donors (Lipinski definition) is 2. The quantitative estimate of drug-likeness (QED) is 0.742. The molecule has 0 fully saturated rings. The minimum absolute atomic E-state index is 0.0399. The highest BCUT2D eigenvalue weighted by molar-refractivity contribution is 7.13. The molecule has 2 atom stereocenters. The van der Waals surface area contributed by atoms with Gasteiger partial charge in [0.25, 0.3) is 0 Å². The molecule has 0 saturated heterocycles. The van der Waals surface area contributed by atoms with E-state index < -0.39 is 0 Å². The average molecular weight is 366 g/mol. The Morgan fingerprint density at radius 2 is 2.04 bits per heavy atom. The Kier molecular flexibility index (Phi) is 3.89. The van der Waals surface area contributed by atoms with E-state index in [1.165, 1.54) is 11.1 Å². The molecule has 0 radical (unpaired) electrons. The first-order chi connectivity index (χ1) is 12.8. The molecule has 2 aliphatic rings. The van der Waals surface area contributed by atoms with Crippen LogP contribution in [0.3, 0.4) is 0 Å². The lowest BCUT2D eigenvalue weighted by atomic mass is 10.1. The summed E-state index contributed by atoms with van der Waals surface area (Å²) in [5.41, 5.74) is 4.40. The fourth-order valence-corrected chi connectivity index (χ4v) is 4.40. The highest BCUT2D eigenvalue weighted by atomic mass is 32.1. The summed E-state index contributed by atoms with van der Waals surface area (Å²) in [6.07, 6.45) is 0.312. The van der Waals surface area contributed by atoms with Crippen LogP contribution in [0, 0.1) is 0 Å². The van der Waals surface area contributed by atoms with Gasteiger partial charge in [0.05, 0.1) is 17.8 Å². The molecule has 5 nitrogen and oxygen atoms in total. The zero-order valence-electron chi connectivity index (χ0n) is 14.0. The summed E-state index contributed by atoms with van der Waals surface area (Å²) >= 11 is 1.61. The maximum absolute atomic E-state index is 10.4. The molecule has 2 heterocycles. The van der Waals surface area contributed by atoms with Gasteiger partial charge in [-0.15, -0.1) is 11.3 Å². The summed E-state index contributed by atoms with van der Waals surface area (Å²) < 4.78 is 10.8. The monoisotopic (exact) mass is 366 g/mol. The van der Waals surface area contributed by atoms with Crippen molar-refractivity contribution < 1.29 is 14.6 Å². The van der Waals surface area contributed by atoms with Crippen LogP contribution in [0.25, 0.3) is 10.6 Å². The average Bonchev–Trinajstić information content (AvgIpc) is 3.37. The normalized spacial score (nSPS) is 20.3. The molecular weight excluding hydrogens is 348 g/mol. The van der Waals surface area contributed by atoms with Crippen molar-refractivity contribution >= 4 is 11.3 Å². The summed E-state index contributed by atoms with van der Waals surface area (Å²) in [7, 11) is 0. The third kappa shape index (κ3) is 2.76. The summed E-state index contributed by atoms with van der Waals surface area (Å²) in [5.74, 6) is 1.55. The zero-order chi connectivity index (χ0) is 17.5. The first kappa shape index (κ1) is 15.8. The number of ether oxygens (including phenoxy) is 2. The molecule has 0 saturated carbocycles. The first-order valence-corrected chi connectivity index (χ1v) is 9.49. The van der Waals surface area contributed by atoms with E-state index in [9.17, 15) is 5.11 Å². The fraction of sp³-hybridized carbons (Fsp3) is 0.250. The van der Waals surface area contributed by atoms with Gasteiger partial charge in [-0.3, -0.25) is 0 Å². The molecule has 3 aromatic rings. The van der Waals surface area contributed by atoms with E-state index >= 15 is 0 Å². The van der Waals surface area contributed by atoms with Crippen LogP contribution < -0.4 is 14.8 Å². The molecule has 1 aliphatic heterocycles. The van der Waals surface area contributed by atoms with Crippen molar-refractivity contribution in [2.75, 3.05) is 6.79 Å². The van der Waals surface area contributed by atoms with Crippen LogP contribution in [-0.4, -0.2) is 23.0 Å². The first-order valence-electron chi connectivity index (χ1n) is 8.61. The molecule has 2 N–H and O–H groups in total. The van der Waals surface area contributed by atoms with Crippen molar-refractivity contribution in [2.24, 2.45) is 0 Å². The molecule has 26 heavy (non-hydrogen) atoms. The Morgan fingerprint density at radius 1 is 1.15 bits per heavy atom. The molecule has 5 rings (SSSR count). The third-order valence-corrected chi connectivity index (χ3v) is 5.82. The van der Waals surface area contributed by atoms with Crippen LogP contribution in [0.15, 0.2) is 47.8 Å². The van der Waals surface area contributed by atoms with Crippen molar-refractivity contribution in [1.82, 2.24) is 10.3 Å². The molecule has 0 bridgehead atoms. The maximum atomic E-state index is 10.4. The SMILES string of the molecule is O[C@H]1Cc2ccccc2[C@H]1NCc1csc(-c2ccc3c(c2)OCO3)n1. The van der Waals surface area contributed by atoms with Crippen molar-refractivity contribution in [3.05, 3.63) is 64.7 Å². The highest BCUT2D eigenvalue weighted by Crippen LogP contribution is 2.37. The van der Waals surface area contributed by atoms with Crippen LogP contribution in [0.2, 0.25) is 0 Å². The lowest BCUT2D eigenvalue weighted by Gasteiger charge is -2.17. The molecule has 132 valence electrons. The number of aromatic nitrogens is 1. The smallest absolute Gasteiger partial charge is 0.231 e. The van der Waals surface area contributed by atoms with E-state index in [0.717, 1.165) is 27.8 Å². The number of hydrogen-bond acceptors (Lipinski definition) is 6. The van der Waals surface area contributed by atoms with Crippen molar-refractivity contribution in [3.63, 3.8) is 0 Å². The minimum Gasteiger partial charge on any atom is -0.454 e. The second-order valence-electron chi connectivity index (χ2n) is 6.54. The second-order valence-corrected chi connectivity index (χ2v) is 7.40. The Morgan fingerprint density at radius 3 is 3.00 bits per heavy atom. The molecular formula is C20H18N2O3S. The number of nitrogens with zero attached hydrogens (tertiary/aromatic N) is 1. The molecule has 0 unspecified atom stereocenters. The Bertz CT molecular complexity index is 956. The van der Waals surface area contributed by atoms with Gasteiger partial charge in [0, 0.05) is 23.9 Å². The van der Waals surface area contributed by atoms with E-state index in [0.29, 0.717) is 13.0 Å². The summed E-state index contributed by atoms with van der Waals surface area (Å²) in [4.78, 5) is 4.73. The molecule has 0 amide bonds. The van der Waals surface area contributed by atoms with E-state index in [1.54, 1.807) is 11.3 Å². The number of benzene rings is 2. The number of aliphatic hydroxyl groups is 1. The van der Waals surface area contributed by atoms with Gasteiger partial charge in [-0.25, -0.2) is 4.98 Å². The van der Waals surface area contributed by atoms with E-state index in [1.807, 2.05) is 30.3 Å². The number of nitrogens with one attached hydrogen (secondary N) is 1. The Balaban J connectivity index is 1.31. The lowest BCUT2D eigenvalue weighted by Crippen LogP contribution is -2.28. The molecule has 6 heteroatoms. The predicted octanol–water partition coefficient (Wildman–Crippen LogP) is 3.29. The standard InChI is InChI=1S/C20H18N2O3S/c23-16-7-12-3-1-2-4-15(12)19(16)21-9-14-10-26-20(22-14)13-5-6-17-18(8-13)25-11-24-17/h1-6,8,10,16,19,21,23H,7,9,11H2/t16-,19+/m0/s1. The summed E-state index contributed by atoms with van der Waals surface area (Å²) in [6, 6.07) is 14.1. The van der Waals surface area contributed by atoms with E-state index in [4.69, 9.17) is 14.5 Å². The maximum Gasteiger partial charge on any atom is 0.231 e. The third-order valence-electron chi connectivity index (χ3n) is 4.88. The van der Waals surface area contributed by atoms with Gasteiger partial charge in [-0.05, 0) is 29.3 Å². The van der Waals surface area contributed by atoms with Gasteiger partial charge in [0.15, 0.2) is 11.5 Å². The molecule has 2 aromatic carbocycles. The van der Waals surface area contributed by atoms with Gasteiger partial charge in [0.2, 0.25) is 6.79 Å². The molecule has 0 spiro atoms. The van der Waals surface area contributed by atoms with Crippen LogP contribution in [-0.2, 0) is 13.0 Å². The van der Waals surface area contributed by atoms with Gasteiger partial charge in [-0.1, -0.05) is 24.3 Å². The minimum atomic E-state index is -0.389.